The summed E-state index contributed by atoms with van der Waals surface area (Å²) in [6.45, 7) is -0.428. The van der Waals surface area contributed by atoms with Gasteiger partial charge in [-0.3, -0.25) is 9.59 Å². The van der Waals surface area contributed by atoms with Gasteiger partial charge >= 0.3 is 5.97 Å². The van der Waals surface area contributed by atoms with Crippen molar-refractivity contribution in [3.8, 4) is 0 Å². The van der Waals surface area contributed by atoms with Crippen LogP contribution in [0, 0.1) is 0 Å². The maximum atomic E-state index is 11.6. The van der Waals surface area contributed by atoms with E-state index in [-0.39, 0.29) is 0 Å². The average Bonchev–Trinajstić information content (AvgIpc) is 2.27. The number of carboxylic acids is 1. The minimum absolute atomic E-state index is 0.428. The number of benzene rings is 1. The summed E-state index contributed by atoms with van der Waals surface area (Å²) in [6.07, 6.45) is -1.31. The highest BCUT2D eigenvalue weighted by molar-refractivity contribution is 5.85. The summed E-state index contributed by atoms with van der Waals surface area (Å²) in [5.41, 5.74) is 0.449. The Labute approximate surface area is 92.9 Å². The number of carbonyl (C=O) groups excluding carboxylic acids is 1. The van der Waals surface area contributed by atoms with Crippen LogP contribution in [0.3, 0.4) is 0 Å². The van der Waals surface area contributed by atoms with Crippen molar-refractivity contribution in [1.29, 1.82) is 0 Å². The zero-order chi connectivity index (χ0) is 12.1. The molecule has 0 bridgehead atoms. The van der Waals surface area contributed by atoms with Crippen LogP contribution in [0.5, 0.6) is 0 Å². The van der Waals surface area contributed by atoms with Gasteiger partial charge in [0.2, 0.25) is 0 Å². The third-order valence-corrected chi connectivity index (χ3v) is 2.10. The molecule has 0 spiro atoms. The van der Waals surface area contributed by atoms with Crippen molar-refractivity contribution >= 4 is 11.9 Å². The van der Waals surface area contributed by atoms with Gasteiger partial charge in [0.1, 0.15) is 6.54 Å². The van der Waals surface area contributed by atoms with E-state index in [1.54, 1.807) is 30.3 Å². The van der Waals surface area contributed by atoms with Gasteiger partial charge in [-0.25, -0.2) is 0 Å². The number of aliphatic carboxylic acids is 1. The fourth-order valence-corrected chi connectivity index (χ4v) is 1.27. The summed E-state index contributed by atoms with van der Waals surface area (Å²) >= 11 is 0. The smallest absolute Gasteiger partial charge is 0.323 e. The molecule has 0 unspecified atom stereocenters. The van der Waals surface area contributed by atoms with E-state index in [1.165, 1.54) is 7.05 Å². The molecule has 0 aromatic heterocycles. The summed E-state index contributed by atoms with van der Waals surface area (Å²) in [5.74, 6) is -1.75. The molecule has 0 saturated carbocycles. The monoisotopic (exact) mass is 223 g/mol. The second-order valence-corrected chi connectivity index (χ2v) is 3.40. The van der Waals surface area contributed by atoms with E-state index in [1.807, 2.05) is 0 Å². The van der Waals surface area contributed by atoms with Crippen molar-refractivity contribution in [2.45, 2.75) is 6.10 Å². The lowest BCUT2D eigenvalue weighted by Gasteiger charge is -2.18. The number of carbonyl (C=O) groups is 2. The van der Waals surface area contributed by atoms with Gasteiger partial charge < -0.3 is 15.1 Å². The minimum atomic E-state index is -1.31. The minimum Gasteiger partial charge on any atom is -0.480 e. The van der Waals surface area contributed by atoms with E-state index in [0.29, 0.717) is 5.56 Å². The van der Waals surface area contributed by atoms with Crippen molar-refractivity contribution < 1.29 is 19.8 Å². The molecule has 0 heterocycles. The third kappa shape index (κ3) is 3.06. The molecule has 1 atom stereocenters. The normalized spacial score (nSPS) is 11.9. The molecule has 1 rings (SSSR count). The van der Waals surface area contributed by atoms with Crippen molar-refractivity contribution in [3.63, 3.8) is 0 Å². The van der Waals surface area contributed by atoms with Gasteiger partial charge in [-0.15, -0.1) is 0 Å². The summed E-state index contributed by atoms with van der Waals surface area (Å²) in [7, 11) is 1.34. The molecule has 0 radical (unpaired) electrons. The molecule has 0 saturated heterocycles. The Morgan fingerprint density at radius 3 is 2.38 bits per heavy atom. The maximum Gasteiger partial charge on any atom is 0.323 e. The zero-order valence-corrected chi connectivity index (χ0v) is 8.83. The summed E-state index contributed by atoms with van der Waals surface area (Å²) in [5, 5.41) is 18.2. The van der Waals surface area contributed by atoms with Crippen LogP contribution < -0.4 is 0 Å². The predicted molar refractivity (Wildman–Crippen MR) is 56.7 cm³/mol. The van der Waals surface area contributed by atoms with E-state index in [9.17, 15) is 14.7 Å². The van der Waals surface area contributed by atoms with Crippen LogP contribution >= 0.6 is 0 Å². The molecule has 86 valence electrons. The number of carboxylic acid groups (broad SMARTS) is 1. The number of aliphatic hydroxyl groups is 1. The summed E-state index contributed by atoms with van der Waals surface area (Å²) in [4.78, 5) is 23.0. The van der Waals surface area contributed by atoms with Crippen LogP contribution in [0.2, 0.25) is 0 Å². The standard InChI is InChI=1S/C11H13NO4/c1-12(7-9(13)14)11(16)10(15)8-5-3-2-4-6-8/h2-6,10,15H,7H2,1H3,(H,13,14)/t10-/m1/s1. The highest BCUT2D eigenvalue weighted by atomic mass is 16.4. The highest BCUT2D eigenvalue weighted by Crippen LogP contribution is 2.14. The van der Waals surface area contributed by atoms with Crippen molar-refractivity contribution in [2.24, 2.45) is 0 Å². The van der Waals surface area contributed by atoms with Gasteiger partial charge in [0.25, 0.3) is 5.91 Å². The van der Waals surface area contributed by atoms with Crippen molar-refractivity contribution in [2.75, 3.05) is 13.6 Å². The maximum absolute atomic E-state index is 11.6. The molecule has 5 nitrogen and oxygen atoms in total. The fraction of sp³-hybridized carbons (Fsp3) is 0.273. The second-order valence-electron chi connectivity index (χ2n) is 3.40. The lowest BCUT2D eigenvalue weighted by Crippen LogP contribution is -2.35. The van der Waals surface area contributed by atoms with Crippen LogP contribution in [0.25, 0.3) is 0 Å². The van der Waals surface area contributed by atoms with Gasteiger partial charge in [-0.05, 0) is 5.56 Å². The van der Waals surface area contributed by atoms with Gasteiger partial charge in [-0.1, -0.05) is 30.3 Å². The molecular formula is C11H13NO4. The molecule has 0 aliphatic heterocycles. The van der Waals surface area contributed by atoms with Crippen molar-refractivity contribution in [1.82, 2.24) is 4.90 Å². The Kier molecular flexibility index (Phi) is 4.02. The Bertz CT molecular complexity index is 377. The Balaban J connectivity index is 2.71. The number of hydrogen-bond donors (Lipinski definition) is 2. The quantitative estimate of drug-likeness (QED) is 0.767. The number of likely N-dealkylation sites (N-methyl/N-ethyl adjacent to an activating group) is 1. The number of aliphatic hydroxyl groups excluding tert-OH is 1. The zero-order valence-electron chi connectivity index (χ0n) is 8.83. The largest absolute Gasteiger partial charge is 0.480 e. The van der Waals surface area contributed by atoms with Crippen LogP contribution in [-0.4, -0.2) is 40.6 Å². The van der Waals surface area contributed by atoms with Gasteiger partial charge in [0.15, 0.2) is 6.10 Å². The first-order valence-corrected chi connectivity index (χ1v) is 4.72. The SMILES string of the molecule is CN(CC(=O)O)C(=O)[C@H](O)c1ccccc1. The Morgan fingerprint density at radius 1 is 1.31 bits per heavy atom. The van der Waals surface area contributed by atoms with E-state index in [4.69, 9.17) is 5.11 Å². The molecule has 2 N–H and O–H groups in total. The first-order chi connectivity index (χ1) is 7.52. The summed E-state index contributed by atoms with van der Waals surface area (Å²) < 4.78 is 0. The molecule has 16 heavy (non-hydrogen) atoms. The Morgan fingerprint density at radius 2 is 1.88 bits per heavy atom. The lowest BCUT2D eigenvalue weighted by molar-refractivity contribution is -0.147. The van der Waals surface area contributed by atoms with Crippen LogP contribution in [0.1, 0.15) is 11.7 Å². The lowest BCUT2D eigenvalue weighted by atomic mass is 10.1. The van der Waals surface area contributed by atoms with Crippen LogP contribution in [0.15, 0.2) is 30.3 Å². The van der Waals surface area contributed by atoms with E-state index < -0.39 is 24.5 Å². The van der Waals surface area contributed by atoms with E-state index >= 15 is 0 Å². The molecule has 0 fully saturated rings. The van der Waals surface area contributed by atoms with Crippen molar-refractivity contribution in [3.05, 3.63) is 35.9 Å². The topological polar surface area (TPSA) is 77.8 Å². The molecule has 0 aliphatic carbocycles. The number of amides is 1. The first-order valence-electron chi connectivity index (χ1n) is 4.72. The number of rotatable bonds is 4. The van der Waals surface area contributed by atoms with E-state index in [0.717, 1.165) is 4.90 Å². The first kappa shape index (κ1) is 12.2. The summed E-state index contributed by atoms with van der Waals surface area (Å²) in [6, 6.07) is 8.38. The number of nitrogens with zero attached hydrogens (tertiary/aromatic N) is 1. The number of hydrogen-bond acceptors (Lipinski definition) is 3. The molecule has 0 aliphatic rings. The molecular weight excluding hydrogens is 210 g/mol. The van der Waals surface area contributed by atoms with Gasteiger partial charge in [0, 0.05) is 7.05 Å². The fourth-order valence-electron chi connectivity index (χ4n) is 1.27. The Hall–Kier alpha value is -1.88. The highest BCUT2D eigenvalue weighted by Gasteiger charge is 2.22. The van der Waals surface area contributed by atoms with Gasteiger partial charge in [0.05, 0.1) is 0 Å². The second kappa shape index (κ2) is 5.27. The van der Waals surface area contributed by atoms with Crippen LogP contribution in [0.4, 0.5) is 0 Å². The predicted octanol–water partition coefficient (Wildman–Crippen LogP) is 0.263. The molecule has 1 amide bonds. The average molecular weight is 223 g/mol. The molecule has 5 heteroatoms. The van der Waals surface area contributed by atoms with E-state index in [2.05, 4.69) is 0 Å². The molecule has 1 aromatic rings. The van der Waals surface area contributed by atoms with Crippen LogP contribution in [-0.2, 0) is 9.59 Å². The van der Waals surface area contributed by atoms with Gasteiger partial charge in [-0.2, -0.15) is 0 Å². The molecule has 1 aromatic carbocycles. The third-order valence-electron chi connectivity index (χ3n) is 2.10.